The molecule has 1 amide bonds. The fourth-order valence-corrected chi connectivity index (χ4v) is 1.89. The Labute approximate surface area is 112 Å². The summed E-state index contributed by atoms with van der Waals surface area (Å²) in [7, 11) is 0. The van der Waals surface area contributed by atoms with Crippen molar-refractivity contribution < 1.29 is 4.79 Å². The SMILES string of the molecule is Cc1cncc(C(=O)NCc2ccccc2CN)c1. The molecule has 3 N–H and O–H groups in total. The Bertz CT molecular complexity index is 581. The number of benzene rings is 1. The van der Waals surface area contributed by atoms with Crippen LogP contribution in [0.3, 0.4) is 0 Å². The highest BCUT2D eigenvalue weighted by atomic mass is 16.1. The molecule has 0 aliphatic rings. The van der Waals surface area contributed by atoms with E-state index < -0.39 is 0 Å². The molecule has 2 aromatic rings. The lowest BCUT2D eigenvalue weighted by Crippen LogP contribution is -2.23. The van der Waals surface area contributed by atoms with Gasteiger partial charge in [0.15, 0.2) is 0 Å². The summed E-state index contributed by atoms with van der Waals surface area (Å²) in [6, 6.07) is 9.64. The van der Waals surface area contributed by atoms with Crippen LogP contribution in [0.2, 0.25) is 0 Å². The van der Waals surface area contributed by atoms with Gasteiger partial charge in [-0.05, 0) is 29.7 Å². The van der Waals surface area contributed by atoms with Crippen LogP contribution in [0.4, 0.5) is 0 Å². The number of pyridine rings is 1. The first-order valence-electron chi connectivity index (χ1n) is 6.17. The molecule has 0 unspecified atom stereocenters. The summed E-state index contributed by atoms with van der Waals surface area (Å²) < 4.78 is 0. The molecule has 0 saturated heterocycles. The fraction of sp³-hybridized carbons (Fsp3) is 0.200. The number of hydrogen-bond donors (Lipinski definition) is 2. The monoisotopic (exact) mass is 255 g/mol. The van der Waals surface area contributed by atoms with Crippen LogP contribution in [-0.2, 0) is 13.1 Å². The number of hydrogen-bond acceptors (Lipinski definition) is 3. The number of nitrogens with two attached hydrogens (primary N) is 1. The molecular formula is C15H17N3O. The van der Waals surface area contributed by atoms with Crippen LogP contribution in [0, 0.1) is 6.92 Å². The Morgan fingerprint density at radius 1 is 1.26 bits per heavy atom. The molecule has 1 aromatic heterocycles. The number of aromatic nitrogens is 1. The van der Waals surface area contributed by atoms with Crippen LogP contribution in [0.25, 0.3) is 0 Å². The van der Waals surface area contributed by atoms with Gasteiger partial charge >= 0.3 is 0 Å². The molecule has 4 nitrogen and oxygen atoms in total. The van der Waals surface area contributed by atoms with Gasteiger partial charge in [0.2, 0.25) is 0 Å². The number of aryl methyl sites for hydroxylation is 1. The second-order valence-electron chi connectivity index (χ2n) is 4.41. The van der Waals surface area contributed by atoms with Gasteiger partial charge in [-0.2, -0.15) is 0 Å². The third-order valence-electron chi connectivity index (χ3n) is 2.91. The second-order valence-corrected chi connectivity index (χ2v) is 4.41. The zero-order valence-corrected chi connectivity index (χ0v) is 10.9. The van der Waals surface area contributed by atoms with E-state index in [-0.39, 0.29) is 5.91 Å². The first kappa shape index (κ1) is 13.2. The lowest BCUT2D eigenvalue weighted by atomic mass is 10.1. The lowest BCUT2D eigenvalue weighted by Gasteiger charge is -2.09. The average Bonchev–Trinajstić information content (AvgIpc) is 2.45. The number of amides is 1. The number of rotatable bonds is 4. The molecule has 0 spiro atoms. The molecule has 0 aliphatic carbocycles. The van der Waals surface area contributed by atoms with Gasteiger partial charge in [0.25, 0.3) is 5.91 Å². The van der Waals surface area contributed by atoms with Gasteiger partial charge in [-0.15, -0.1) is 0 Å². The molecule has 1 heterocycles. The zero-order chi connectivity index (χ0) is 13.7. The summed E-state index contributed by atoms with van der Waals surface area (Å²) in [5.74, 6) is -0.122. The van der Waals surface area contributed by atoms with Gasteiger partial charge in [-0.3, -0.25) is 9.78 Å². The Morgan fingerprint density at radius 3 is 2.68 bits per heavy atom. The van der Waals surface area contributed by atoms with Gasteiger partial charge in [0.05, 0.1) is 5.56 Å². The van der Waals surface area contributed by atoms with Crippen molar-refractivity contribution in [2.24, 2.45) is 5.73 Å². The Kier molecular flexibility index (Phi) is 4.26. The molecule has 4 heteroatoms. The number of nitrogens with zero attached hydrogens (tertiary/aromatic N) is 1. The maximum atomic E-state index is 12.0. The highest BCUT2D eigenvalue weighted by Gasteiger charge is 2.07. The van der Waals surface area contributed by atoms with Crippen LogP contribution in [-0.4, -0.2) is 10.9 Å². The van der Waals surface area contributed by atoms with E-state index in [1.54, 1.807) is 12.4 Å². The molecule has 0 radical (unpaired) electrons. The van der Waals surface area contributed by atoms with Crippen molar-refractivity contribution in [3.05, 3.63) is 65.0 Å². The van der Waals surface area contributed by atoms with E-state index in [0.29, 0.717) is 18.7 Å². The van der Waals surface area contributed by atoms with Gasteiger partial charge in [-0.1, -0.05) is 24.3 Å². The van der Waals surface area contributed by atoms with Gasteiger partial charge < -0.3 is 11.1 Å². The number of nitrogens with one attached hydrogen (secondary N) is 1. The minimum Gasteiger partial charge on any atom is -0.348 e. The van der Waals surface area contributed by atoms with Crippen molar-refractivity contribution in [2.45, 2.75) is 20.0 Å². The lowest BCUT2D eigenvalue weighted by molar-refractivity contribution is 0.0950. The second kappa shape index (κ2) is 6.11. The van der Waals surface area contributed by atoms with Crippen LogP contribution < -0.4 is 11.1 Å². The van der Waals surface area contributed by atoms with Crippen molar-refractivity contribution in [1.82, 2.24) is 10.3 Å². The molecule has 0 saturated carbocycles. The Hall–Kier alpha value is -2.20. The molecular weight excluding hydrogens is 238 g/mol. The molecule has 0 bridgehead atoms. The van der Waals surface area contributed by atoms with E-state index in [1.807, 2.05) is 37.3 Å². The van der Waals surface area contributed by atoms with E-state index >= 15 is 0 Å². The van der Waals surface area contributed by atoms with Crippen LogP contribution in [0.15, 0.2) is 42.7 Å². The summed E-state index contributed by atoms with van der Waals surface area (Å²) in [6.45, 7) is 2.85. The summed E-state index contributed by atoms with van der Waals surface area (Å²) in [5, 5.41) is 2.88. The maximum Gasteiger partial charge on any atom is 0.253 e. The largest absolute Gasteiger partial charge is 0.348 e. The van der Waals surface area contributed by atoms with E-state index in [0.717, 1.165) is 16.7 Å². The van der Waals surface area contributed by atoms with E-state index in [4.69, 9.17) is 5.73 Å². The number of carbonyl (C=O) groups is 1. The standard InChI is InChI=1S/C15H17N3O/c1-11-6-14(9-17-8-11)15(19)18-10-13-5-3-2-4-12(13)7-16/h2-6,8-9H,7,10,16H2,1H3,(H,18,19). The van der Waals surface area contributed by atoms with Crippen molar-refractivity contribution in [1.29, 1.82) is 0 Å². The molecule has 19 heavy (non-hydrogen) atoms. The molecule has 1 aromatic carbocycles. The highest BCUT2D eigenvalue weighted by molar-refractivity contribution is 5.93. The van der Waals surface area contributed by atoms with Crippen molar-refractivity contribution in [2.75, 3.05) is 0 Å². The highest BCUT2D eigenvalue weighted by Crippen LogP contribution is 2.08. The third-order valence-corrected chi connectivity index (χ3v) is 2.91. The minimum absolute atomic E-state index is 0.122. The van der Waals surface area contributed by atoms with E-state index in [1.165, 1.54) is 0 Å². The van der Waals surface area contributed by atoms with Gasteiger partial charge in [-0.25, -0.2) is 0 Å². The first-order valence-corrected chi connectivity index (χ1v) is 6.17. The van der Waals surface area contributed by atoms with Crippen LogP contribution >= 0.6 is 0 Å². The summed E-state index contributed by atoms with van der Waals surface area (Å²) in [6.07, 6.45) is 3.29. The van der Waals surface area contributed by atoms with Gasteiger partial charge in [0.1, 0.15) is 0 Å². The molecule has 0 aliphatic heterocycles. The predicted molar refractivity (Wildman–Crippen MR) is 74.5 cm³/mol. The Morgan fingerprint density at radius 2 is 2.00 bits per heavy atom. The normalized spacial score (nSPS) is 10.2. The molecule has 0 atom stereocenters. The smallest absolute Gasteiger partial charge is 0.253 e. The third kappa shape index (κ3) is 3.39. The van der Waals surface area contributed by atoms with Crippen LogP contribution in [0.1, 0.15) is 27.0 Å². The minimum atomic E-state index is -0.122. The Balaban J connectivity index is 2.04. The number of carbonyl (C=O) groups excluding carboxylic acids is 1. The van der Waals surface area contributed by atoms with Crippen molar-refractivity contribution in [3.63, 3.8) is 0 Å². The maximum absolute atomic E-state index is 12.0. The molecule has 2 rings (SSSR count). The average molecular weight is 255 g/mol. The zero-order valence-electron chi connectivity index (χ0n) is 10.9. The van der Waals surface area contributed by atoms with Gasteiger partial charge in [0, 0.05) is 25.5 Å². The predicted octanol–water partition coefficient (Wildman–Crippen LogP) is 1.78. The fourth-order valence-electron chi connectivity index (χ4n) is 1.89. The first-order chi connectivity index (χ1) is 9.20. The van der Waals surface area contributed by atoms with Crippen molar-refractivity contribution >= 4 is 5.91 Å². The topological polar surface area (TPSA) is 68.0 Å². The van der Waals surface area contributed by atoms with E-state index in [9.17, 15) is 4.79 Å². The molecule has 98 valence electrons. The van der Waals surface area contributed by atoms with Crippen LogP contribution in [0.5, 0.6) is 0 Å². The van der Waals surface area contributed by atoms with Crippen molar-refractivity contribution in [3.8, 4) is 0 Å². The summed E-state index contributed by atoms with van der Waals surface area (Å²) in [5.41, 5.74) is 9.29. The summed E-state index contributed by atoms with van der Waals surface area (Å²) in [4.78, 5) is 16.0. The molecule has 0 fully saturated rings. The quantitative estimate of drug-likeness (QED) is 0.875. The van der Waals surface area contributed by atoms with E-state index in [2.05, 4.69) is 10.3 Å². The summed E-state index contributed by atoms with van der Waals surface area (Å²) >= 11 is 0.